The van der Waals surface area contributed by atoms with Crippen molar-refractivity contribution in [1.82, 2.24) is 0 Å². The van der Waals surface area contributed by atoms with Gasteiger partial charge in [-0.2, -0.15) is 0 Å². The van der Waals surface area contributed by atoms with E-state index in [1.807, 2.05) is 6.92 Å². The molecule has 3 nitrogen and oxygen atoms in total. The number of fused-ring (bicyclic) bond motifs is 1. The standard InChI is InChI=1S/C15H20O3/c1-9(2)13-7-12(6-5-10(3)16)11(4)14-15(13)18-8-17-14/h7,9H,5-6,8H2,1-4H3. The van der Waals surface area contributed by atoms with Crippen LogP contribution < -0.4 is 9.47 Å². The summed E-state index contributed by atoms with van der Waals surface area (Å²) in [4.78, 5) is 11.1. The van der Waals surface area contributed by atoms with Crippen LogP contribution in [0.25, 0.3) is 0 Å². The summed E-state index contributed by atoms with van der Waals surface area (Å²) in [6.07, 6.45) is 1.36. The minimum Gasteiger partial charge on any atom is -0.453 e. The Morgan fingerprint density at radius 3 is 2.61 bits per heavy atom. The van der Waals surface area contributed by atoms with Gasteiger partial charge < -0.3 is 14.3 Å². The van der Waals surface area contributed by atoms with Crippen LogP contribution in [0.5, 0.6) is 11.5 Å². The first-order valence-electron chi connectivity index (χ1n) is 6.42. The van der Waals surface area contributed by atoms with Gasteiger partial charge in [0.05, 0.1) is 0 Å². The van der Waals surface area contributed by atoms with E-state index in [0.29, 0.717) is 19.1 Å². The summed E-state index contributed by atoms with van der Waals surface area (Å²) >= 11 is 0. The predicted molar refractivity (Wildman–Crippen MR) is 70.4 cm³/mol. The molecule has 0 spiro atoms. The summed E-state index contributed by atoms with van der Waals surface area (Å²) in [5.41, 5.74) is 3.47. The molecule has 1 heterocycles. The van der Waals surface area contributed by atoms with E-state index in [1.165, 1.54) is 11.1 Å². The van der Waals surface area contributed by atoms with Crippen molar-refractivity contribution in [1.29, 1.82) is 0 Å². The first kappa shape index (κ1) is 12.9. The Hall–Kier alpha value is -1.51. The molecular weight excluding hydrogens is 228 g/mol. The first-order valence-corrected chi connectivity index (χ1v) is 6.42. The van der Waals surface area contributed by atoms with Crippen molar-refractivity contribution in [2.45, 2.75) is 46.5 Å². The van der Waals surface area contributed by atoms with E-state index in [2.05, 4.69) is 19.9 Å². The van der Waals surface area contributed by atoms with E-state index in [0.717, 1.165) is 23.5 Å². The molecule has 1 aromatic rings. The summed E-state index contributed by atoms with van der Waals surface area (Å²) in [6, 6.07) is 2.16. The number of ether oxygens (including phenoxy) is 2. The van der Waals surface area contributed by atoms with E-state index in [-0.39, 0.29) is 5.78 Å². The van der Waals surface area contributed by atoms with E-state index < -0.39 is 0 Å². The van der Waals surface area contributed by atoms with Gasteiger partial charge >= 0.3 is 0 Å². The molecule has 1 aromatic carbocycles. The van der Waals surface area contributed by atoms with Crippen LogP contribution in [0.4, 0.5) is 0 Å². The second kappa shape index (κ2) is 5.01. The van der Waals surface area contributed by atoms with Gasteiger partial charge in [-0.15, -0.1) is 0 Å². The number of benzene rings is 1. The molecule has 0 aromatic heterocycles. The van der Waals surface area contributed by atoms with Crippen molar-refractivity contribution in [2.24, 2.45) is 0 Å². The number of hydrogen-bond donors (Lipinski definition) is 0. The van der Waals surface area contributed by atoms with Crippen molar-refractivity contribution in [3.63, 3.8) is 0 Å². The molecule has 0 radical (unpaired) electrons. The Bertz CT molecular complexity index is 475. The van der Waals surface area contributed by atoms with E-state index >= 15 is 0 Å². The number of aryl methyl sites for hydroxylation is 1. The lowest BCUT2D eigenvalue weighted by Gasteiger charge is -2.15. The maximum absolute atomic E-state index is 11.1. The van der Waals surface area contributed by atoms with E-state index in [1.54, 1.807) is 6.92 Å². The van der Waals surface area contributed by atoms with Crippen LogP contribution in [0.2, 0.25) is 0 Å². The van der Waals surface area contributed by atoms with Gasteiger partial charge in [0, 0.05) is 12.0 Å². The van der Waals surface area contributed by atoms with E-state index in [4.69, 9.17) is 9.47 Å². The summed E-state index contributed by atoms with van der Waals surface area (Å²) in [7, 11) is 0. The minimum atomic E-state index is 0.221. The Morgan fingerprint density at radius 2 is 2.00 bits per heavy atom. The Labute approximate surface area is 108 Å². The van der Waals surface area contributed by atoms with Crippen molar-refractivity contribution in [3.05, 3.63) is 22.8 Å². The number of Topliss-reactive ketones (excluding diaryl/α,β-unsaturated/α-hetero) is 1. The molecule has 0 amide bonds. The molecule has 2 rings (SSSR count). The average Bonchev–Trinajstić information content (AvgIpc) is 2.76. The van der Waals surface area contributed by atoms with Crippen molar-refractivity contribution in [2.75, 3.05) is 6.79 Å². The molecule has 0 bridgehead atoms. The highest BCUT2D eigenvalue weighted by Gasteiger charge is 2.24. The zero-order valence-corrected chi connectivity index (χ0v) is 11.5. The van der Waals surface area contributed by atoms with Gasteiger partial charge in [0.25, 0.3) is 0 Å². The first-order chi connectivity index (χ1) is 8.50. The topological polar surface area (TPSA) is 35.5 Å². The van der Waals surface area contributed by atoms with Crippen LogP contribution in [0, 0.1) is 6.92 Å². The van der Waals surface area contributed by atoms with Gasteiger partial charge in [-0.3, -0.25) is 0 Å². The monoisotopic (exact) mass is 248 g/mol. The Kier molecular flexibility index (Phi) is 3.60. The smallest absolute Gasteiger partial charge is 0.231 e. The zero-order chi connectivity index (χ0) is 13.3. The molecule has 0 N–H and O–H groups in total. The molecule has 98 valence electrons. The van der Waals surface area contributed by atoms with Crippen LogP contribution in [0.15, 0.2) is 6.07 Å². The Morgan fingerprint density at radius 1 is 1.33 bits per heavy atom. The molecule has 0 unspecified atom stereocenters. The highest BCUT2D eigenvalue weighted by molar-refractivity contribution is 5.76. The number of carbonyl (C=O) groups excluding carboxylic acids is 1. The van der Waals surface area contributed by atoms with Crippen molar-refractivity contribution in [3.8, 4) is 11.5 Å². The van der Waals surface area contributed by atoms with Gasteiger partial charge in [0.15, 0.2) is 11.5 Å². The third-order valence-corrected chi connectivity index (χ3v) is 3.40. The quantitative estimate of drug-likeness (QED) is 0.819. The lowest BCUT2D eigenvalue weighted by molar-refractivity contribution is -0.116. The van der Waals surface area contributed by atoms with Crippen LogP contribution in [0.1, 0.15) is 49.8 Å². The molecular formula is C15H20O3. The van der Waals surface area contributed by atoms with Crippen LogP contribution in [-0.2, 0) is 11.2 Å². The predicted octanol–water partition coefficient (Wildman–Crippen LogP) is 3.37. The average molecular weight is 248 g/mol. The van der Waals surface area contributed by atoms with Crippen LogP contribution in [0.3, 0.4) is 0 Å². The summed E-state index contributed by atoms with van der Waals surface area (Å²) in [5, 5.41) is 0. The van der Waals surface area contributed by atoms with Gasteiger partial charge in [-0.05, 0) is 37.3 Å². The molecule has 1 aliphatic rings. The van der Waals surface area contributed by atoms with Gasteiger partial charge in [-0.25, -0.2) is 0 Å². The summed E-state index contributed by atoms with van der Waals surface area (Å²) in [5.74, 6) is 2.35. The second-order valence-corrected chi connectivity index (χ2v) is 5.17. The van der Waals surface area contributed by atoms with Gasteiger partial charge in [0.1, 0.15) is 5.78 Å². The third kappa shape index (κ3) is 2.35. The van der Waals surface area contributed by atoms with E-state index in [9.17, 15) is 4.79 Å². The number of carbonyl (C=O) groups is 1. The Balaban J connectivity index is 2.41. The van der Waals surface area contributed by atoms with Crippen molar-refractivity contribution >= 4 is 5.78 Å². The molecule has 3 heteroatoms. The van der Waals surface area contributed by atoms with Crippen molar-refractivity contribution < 1.29 is 14.3 Å². The maximum atomic E-state index is 11.1. The highest BCUT2D eigenvalue weighted by Crippen LogP contribution is 2.43. The number of rotatable bonds is 4. The minimum absolute atomic E-state index is 0.221. The normalized spacial score (nSPS) is 13.2. The fraction of sp³-hybridized carbons (Fsp3) is 0.533. The molecule has 0 saturated heterocycles. The molecule has 0 aliphatic carbocycles. The fourth-order valence-corrected chi connectivity index (χ4v) is 2.28. The van der Waals surface area contributed by atoms with Crippen LogP contribution in [-0.4, -0.2) is 12.6 Å². The third-order valence-electron chi connectivity index (χ3n) is 3.40. The molecule has 18 heavy (non-hydrogen) atoms. The largest absolute Gasteiger partial charge is 0.453 e. The maximum Gasteiger partial charge on any atom is 0.231 e. The van der Waals surface area contributed by atoms with Gasteiger partial charge in [0.2, 0.25) is 6.79 Å². The number of ketones is 1. The molecule has 0 saturated carbocycles. The summed E-state index contributed by atoms with van der Waals surface area (Å²) < 4.78 is 11.1. The lowest BCUT2D eigenvalue weighted by atomic mass is 9.93. The van der Waals surface area contributed by atoms with Gasteiger partial charge in [-0.1, -0.05) is 19.9 Å². The summed E-state index contributed by atoms with van der Waals surface area (Å²) in [6.45, 7) is 8.24. The lowest BCUT2D eigenvalue weighted by Crippen LogP contribution is -2.00. The van der Waals surface area contributed by atoms with Crippen LogP contribution >= 0.6 is 0 Å². The SMILES string of the molecule is CC(=O)CCc1cc(C(C)C)c2c(c1C)OCO2. The fourth-order valence-electron chi connectivity index (χ4n) is 2.28. The second-order valence-electron chi connectivity index (χ2n) is 5.17. The highest BCUT2D eigenvalue weighted by atomic mass is 16.7. The zero-order valence-electron chi connectivity index (χ0n) is 11.5. The molecule has 0 atom stereocenters. The molecule has 1 aliphatic heterocycles. The molecule has 0 fully saturated rings. The number of hydrogen-bond acceptors (Lipinski definition) is 3.